The number of benzene rings is 1. The van der Waals surface area contributed by atoms with Gasteiger partial charge in [-0.25, -0.2) is 0 Å². The second-order valence-corrected chi connectivity index (χ2v) is 7.02. The van der Waals surface area contributed by atoms with Gasteiger partial charge in [-0.15, -0.1) is 0 Å². The highest BCUT2D eigenvalue weighted by Gasteiger charge is 2.36. The Morgan fingerprint density at radius 2 is 1.92 bits per heavy atom. The van der Waals surface area contributed by atoms with Crippen molar-refractivity contribution < 1.29 is 9.53 Å². The molecule has 3 heterocycles. The van der Waals surface area contributed by atoms with Gasteiger partial charge in [-0.05, 0) is 36.1 Å². The van der Waals surface area contributed by atoms with E-state index >= 15 is 0 Å². The van der Waals surface area contributed by atoms with Crippen molar-refractivity contribution in [3.8, 4) is 5.75 Å². The first-order valence-electron chi connectivity index (χ1n) is 8.74. The van der Waals surface area contributed by atoms with Crippen molar-refractivity contribution in [2.24, 2.45) is 5.92 Å². The van der Waals surface area contributed by atoms with Gasteiger partial charge >= 0.3 is 0 Å². The molecule has 1 fully saturated rings. The summed E-state index contributed by atoms with van der Waals surface area (Å²) in [6, 6.07) is 13.1. The lowest BCUT2D eigenvalue weighted by Crippen LogP contribution is -2.49. The molecule has 2 aromatic rings. The number of carbonyl (C=O) groups is 1. The SMILES string of the molecule is COc1ccc(CC(=O)N2C[C@@H]3C[C@@H](C2)c2cccc(=O)n2C3)cc1. The van der Waals surface area contributed by atoms with Crippen LogP contribution in [0.15, 0.2) is 47.3 Å². The van der Waals surface area contributed by atoms with Gasteiger partial charge in [-0.2, -0.15) is 0 Å². The van der Waals surface area contributed by atoms with Crippen LogP contribution in [0.1, 0.15) is 23.6 Å². The van der Waals surface area contributed by atoms with Crippen LogP contribution in [0.3, 0.4) is 0 Å². The highest BCUT2D eigenvalue weighted by molar-refractivity contribution is 5.79. The molecular weight excluding hydrogens is 316 g/mol. The van der Waals surface area contributed by atoms with Crippen LogP contribution in [-0.4, -0.2) is 35.6 Å². The molecule has 2 atom stereocenters. The van der Waals surface area contributed by atoms with E-state index in [2.05, 4.69) is 0 Å². The highest BCUT2D eigenvalue weighted by atomic mass is 16.5. The number of carbonyl (C=O) groups excluding carboxylic acids is 1. The summed E-state index contributed by atoms with van der Waals surface area (Å²) in [7, 11) is 1.63. The molecule has 2 bridgehead atoms. The molecule has 2 aliphatic rings. The summed E-state index contributed by atoms with van der Waals surface area (Å²) in [4.78, 5) is 26.8. The molecule has 0 saturated carbocycles. The summed E-state index contributed by atoms with van der Waals surface area (Å²) in [6.45, 7) is 2.17. The van der Waals surface area contributed by atoms with Crippen LogP contribution < -0.4 is 10.3 Å². The van der Waals surface area contributed by atoms with E-state index in [9.17, 15) is 9.59 Å². The number of likely N-dealkylation sites (tertiary alicyclic amines) is 1. The summed E-state index contributed by atoms with van der Waals surface area (Å²) in [6.07, 6.45) is 1.47. The predicted molar refractivity (Wildman–Crippen MR) is 94.8 cm³/mol. The van der Waals surface area contributed by atoms with Crippen molar-refractivity contribution in [3.05, 3.63) is 64.1 Å². The normalized spacial score (nSPS) is 21.6. The number of piperidine rings is 1. The van der Waals surface area contributed by atoms with Gasteiger partial charge in [0.25, 0.3) is 5.56 Å². The second-order valence-electron chi connectivity index (χ2n) is 7.02. The number of ether oxygens (including phenoxy) is 1. The van der Waals surface area contributed by atoms with E-state index in [1.807, 2.05) is 45.9 Å². The van der Waals surface area contributed by atoms with Gasteiger partial charge in [0.15, 0.2) is 0 Å². The average Bonchev–Trinajstić information content (AvgIpc) is 2.63. The zero-order valence-electron chi connectivity index (χ0n) is 14.4. The van der Waals surface area contributed by atoms with E-state index in [0.717, 1.165) is 36.5 Å². The third kappa shape index (κ3) is 3.06. The van der Waals surface area contributed by atoms with Crippen molar-refractivity contribution in [2.45, 2.75) is 25.3 Å². The maximum atomic E-state index is 12.8. The number of nitrogens with zero attached hydrogens (tertiary/aromatic N) is 2. The van der Waals surface area contributed by atoms with Gasteiger partial charge in [0, 0.05) is 37.3 Å². The van der Waals surface area contributed by atoms with Gasteiger partial charge < -0.3 is 14.2 Å². The number of methoxy groups -OCH3 is 1. The lowest BCUT2D eigenvalue weighted by atomic mass is 9.83. The summed E-state index contributed by atoms with van der Waals surface area (Å²) in [5.41, 5.74) is 2.15. The Morgan fingerprint density at radius 1 is 1.12 bits per heavy atom. The predicted octanol–water partition coefficient (Wildman–Crippen LogP) is 2.05. The molecule has 5 nitrogen and oxygen atoms in total. The molecule has 130 valence electrons. The maximum Gasteiger partial charge on any atom is 0.250 e. The lowest BCUT2D eigenvalue weighted by Gasteiger charge is -2.42. The van der Waals surface area contributed by atoms with Crippen molar-refractivity contribution in [1.29, 1.82) is 0 Å². The van der Waals surface area contributed by atoms with Gasteiger partial charge in [0.05, 0.1) is 13.5 Å². The molecule has 2 aliphatic heterocycles. The second kappa shape index (κ2) is 6.39. The monoisotopic (exact) mass is 338 g/mol. The van der Waals surface area contributed by atoms with Gasteiger partial charge in [-0.1, -0.05) is 18.2 Å². The molecule has 0 N–H and O–H groups in total. The fourth-order valence-corrected chi connectivity index (χ4v) is 4.13. The van der Waals surface area contributed by atoms with E-state index in [1.54, 1.807) is 13.2 Å². The van der Waals surface area contributed by atoms with Crippen molar-refractivity contribution in [3.63, 3.8) is 0 Å². The third-order valence-corrected chi connectivity index (χ3v) is 5.35. The molecule has 1 amide bonds. The number of pyridine rings is 1. The first-order valence-corrected chi connectivity index (χ1v) is 8.74. The fraction of sp³-hybridized carbons (Fsp3) is 0.400. The summed E-state index contributed by atoms with van der Waals surface area (Å²) >= 11 is 0. The zero-order chi connectivity index (χ0) is 17.4. The van der Waals surface area contributed by atoms with Crippen LogP contribution in [0.2, 0.25) is 0 Å². The van der Waals surface area contributed by atoms with Crippen LogP contribution in [0.25, 0.3) is 0 Å². The molecule has 5 heteroatoms. The van der Waals surface area contributed by atoms with Gasteiger partial charge in [0.2, 0.25) is 5.91 Å². The highest BCUT2D eigenvalue weighted by Crippen LogP contribution is 2.35. The molecule has 0 spiro atoms. The maximum absolute atomic E-state index is 12.8. The number of amides is 1. The van der Waals surface area contributed by atoms with Crippen molar-refractivity contribution >= 4 is 5.91 Å². The van der Waals surface area contributed by atoms with Crippen LogP contribution >= 0.6 is 0 Å². The standard InChI is InChI=1S/C20H22N2O3/c1-25-17-7-5-14(6-8-17)10-20(24)21-11-15-9-16(13-21)18-3-2-4-19(23)22(18)12-15/h2-8,15-16H,9-13H2,1H3/t15-,16-/m0/s1. The summed E-state index contributed by atoms with van der Waals surface area (Å²) in [5, 5.41) is 0. The Bertz CT molecular complexity index is 841. The minimum absolute atomic E-state index is 0.0743. The van der Waals surface area contributed by atoms with E-state index < -0.39 is 0 Å². The Hall–Kier alpha value is -2.56. The lowest BCUT2D eigenvalue weighted by molar-refractivity contribution is -0.133. The fourth-order valence-electron chi connectivity index (χ4n) is 4.13. The van der Waals surface area contributed by atoms with Gasteiger partial charge in [0.1, 0.15) is 5.75 Å². The van der Waals surface area contributed by atoms with E-state index in [1.165, 1.54) is 0 Å². The summed E-state index contributed by atoms with van der Waals surface area (Å²) in [5.74, 6) is 1.59. The molecule has 1 aromatic carbocycles. The number of hydrogen-bond acceptors (Lipinski definition) is 3. The smallest absolute Gasteiger partial charge is 0.250 e. The quantitative estimate of drug-likeness (QED) is 0.861. The van der Waals surface area contributed by atoms with E-state index in [-0.39, 0.29) is 17.4 Å². The number of fused-ring (bicyclic) bond motifs is 4. The Balaban J connectivity index is 1.49. The van der Waals surface area contributed by atoms with Crippen molar-refractivity contribution in [1.82, 2.24) is 9.47 Å². The van der Waals surface area contributed by atoms with Crippen LogP contribution in [0.5, 0.6) is 5.75 Å². The third-order valence-electron chi connectivity index (χ3n) is 5.35. The van der Waals surface area contributed by atoms with Crippen molar-refractivity contribution in [2.75, 3.05) is 20.2 Å². The Kier molecular flexibility index (Phi) is 4.07. The molecule has 4 rings (SSSR count). The van der Waals surface area contributed by atoms with Gasteiger partial charge in [-0.3, -0.25) is 9.59 Å². The van der Waals surface area contributed by atoms with E-state index in [4.69, 9.17) is 4.74 Å². The number of aromatic nitrogens is 1. The molecule has 0 aliphatic carbocycles. The minimum Gasteiger partial charge on any atom is -0.497 e. The zero-order valence-corrected chi connectivity index (χ0v) is 14.4. The molecular formula is C20H22N2O3. The average molecular weight is 338 g/mol. The molecule has 25 heavy (non-hydrogen) atoms. The minimum atomic E-state index is 0.0743. The largest absolute Gasteiger partial charge is 0.497 e. The molecule has 0 radical (unpaired) electrons. The Labute approximate surface area is 146 Å². The first-order chi connectivity index (χ1) is 12.1. The van der Waals surface area contributed by atoms with Crippen LogP contribution in [0, 0.1) is 5.92 Å². The Morgan fingerprint density at radius 3 is 2.68 bits per heavy atom. The van der Waals surface area contributed by atoms with Crippen LogP contribution in [0.4, 0.5) is 0 Å². The molecule has 0 unspecified atom stereocenters. The molecule has 1 saturated heterocycles. The topological polar surface area (TPSA) is 51.5 Å². The molecule has 1 aromatic heterocycles. The number of rotatable bonds is 3. The first kappa shape index (κ1) is 15.9. The summed E-state index contributed by atoms with van der Waals surface area (Å²) < 4.78 is 7.05. The van der Waals surface area contributed by atoms with E-state index in [0.29, 0.717) is 18.9 Å². The number of hydrogen-bond donors (Lipinski definition) is 0. The van der Waals surface area contributed by atoms with Crippen LogP contribution in [-0.2, 0) is 17.8 Å².